The molecule has 0 aromatic heterocycles. The maximum Gasteiger partial charge on any atom is 0.312 e. The number of sulfone groups is 1. The van der Waals surface area contributed by atoms with Gasteiger partial charge in [-0.25, -0.2) is 12.8 Å². The van der Waals surface area contributed by atoms with E-state index in [4.69, 9.17) is 0 Å². The lowest BCUT2D eigenvalue weighted by Gasteiger charge is -2.72. The number of aliphatic carboxylic acids is 1. The Morgan fingerprint density at radius 1 is 0.925 bits per heavy atom. The molecular formula is C45H75FN2O4S. The van der Waals surface area contributed by atoms with Gasteiger partial charge in [-0.3, -0.25) is 4.79 Å². The molecule has 7 unspecified atom stereocenters. The van der Waals surface area contributed by atoms with Crippen LogP contribution >= 0.6 is 0 Å². The molecule has 8 heteroatoms. The Bertz CT molecular complexity index is 1510. The van der Waals surface area contributed by atoms with E-state index in [0.717, 1.165) is 31.3 Å². The molecule has 9 atom stereocenters. The number of carboxylic acids is 1. The van der Waals surface area contributed by atoms with Gasteiger partial charge in [0.15, 0.2) is 9.84 Å². The highest BCUT2D eigenvalue weighted by atomic mass is 32.2. The monoisotopic (exact) mass is 759 g/mol. The molecule has 1 heterocycles. The number of carboxylic acid groups (broad SMARTS) is 1. The SMILES string of the molecule is C=CC.CC.CC1(C)C(C2=CCC(CF)(C(=O)O)CC2)=CCC2(C)C1CCC1(C)C2CCC2[C@H]3CCCC3(NCCN3CCS(=O)(=O)CC3)CC[C@]21C. The number of allylic oxidation sites excluding steroid dienone is 5. The van der Waals surface area contributed by atoms with E-state index in [-0.39, 0.29) is 16.4 Å². The number of carbonyl (C=O) groups is 1. The van der Waals surface area contributed by atoms with Crippen LogP contribution in [0.3, 0.4) is 0 Å². The third-order valence-corrected chi connectivity index (χ3v) is 18.6. The van der Waals surface area contributed by atoms with Crippen molar-refractivity contribution < 1.29 is 22.7 Å². The maximum absolute atomic E-state index is 13.9. The van der Waals surface area contributed by atoms with E-state index >= 15 is 0 Å². The fraction of sp³-hybridized carbons (Fsp3) is 0.844. The Morgan fingerprint density at radius 3 is 2.21 bits per heavy atom. The summed E-state index contributed by atoms with van der Waals surface area (Å²) in [6.45, 7) is 24.7. The van der Waals surface area contributed by atoms with E-state index in [2.05, 4.69) is 63.6 Å². The molecule has 0 aromatic carbocycles. The summed E-state index contributed by atoms with van der Waals surface area (Å²) in [6, 6.07) is 0. The van der Waals surface area contributed by atoms with Gasteiger partial charge in [0.05, 0.1) is 16.9 Å². The van der Waals surface area contributed by atoms with E-state index in [1.54, 1.807) is 6.08 Å². The Hall–Kier alpha value is -1.51. The molecule has 4 saturated carbocycles. The zero-order valence-corrected chi connectivity index (χ0v) is 35.6. The van der Waals surface area contributed by atoms with Crippen molar-refractivity contribution in [1.82, 2.24) is 10.2 Å². The van der Waals surface area contributed by atoms with Gasteiger partial charge in [-0.1, -0.05) is 73.1 Å². The second-order valence-corrected chi connectivity index (χ2v) is 21.7. The van der Waals surface area contributed by atoms with Gasteiger partial charge in [-0.15, -0.1) is 6.58 Å². The minimum atomic E-state index is -2.84. The Morgan fingerprint density at radius 2 is 1.60 bits per heavy atom. The molecular weight excluding hydrogens is 684 g/mol. The zero-order chi connectivity index (χ0) is 39.1. The average Bonchev–Trinajstić information content (AvgIpc) is 3.54. The van der Waals surface area contributed by atoms with Crippen LogP contribution in [0.25, 0.3) is 0 Å². The molecule has 5 fully saturated rings. The molecule has 6 aliphatic carbocycles. The van der Waals surface area contributed by atoms with Crippen molar-refractivity contribution in [3.05, 3.63) is 36.0 Å². The van der Waals surface area contributed by atoms with E-state index in [9.17, 15) is 22.7 Å². The van der Waals surface area contributed by atoms with E-state index < -0.39 is 27.9 Å². The summed E-state index contributed by atoms with van der Waals surface area (Å²) in [6.07, 6.45) is 20.5. The molecule has 0 spiro atoms. The fourth-order valence-electron chi connectivity index (χ4n) is 14.0. The van der Waals surface area contributed by atoms with Crippen LogP contribution < -0.4 is 5.32 Å². The van der Waals surface area contributed by atoms with Crippen molar-refractivity contribution in [3.8, 4) is 0 Å². The number of fused-ring (bicyclic) bond motifs is 7. The number of halogens is 1. The smallest absolute Gasteiger partial charge is 0.312 e. The summed E-state index contributed by atoms with van der Waals surface area (Å²) in [4.78, 5) is 14.3. The van der Waals surface area contributed by atoms with Crippen LogP contribution in [0.2, 0.25) is 0 Å². The molecule has 1 saturated heterocycles. The minimum Gasteiger partial charge on any atom is -0.481 e. The zero-order valence-electron chi connectivity index (χ0n) is 34.8. The van der Waals surface area contributed by atoms with Gasteiger partial charge in [0.1, 0.15) is 6.67 Å². The number of hydrogen-bond acceptors (Lipinski definition) is 5. The predicted molar refractivity (Wildman–Crippen MR) is 217 cm³/mol. The molecule has 2 N–H and O–H groups in total. The quantitative estimate of drug-likeness (QED) is 0.252. The molecule has 7 aliphatic rings. The summed E-state index contributed by atoms with van der Waals surface area (Å²) in [5.41, 5.74) is 2.57. The third kappa shape index (κ3) is 7.19. The van der Waals surface area contributed by atoms with Crippen LogP contribution in [0.15, 0.2) is 36.0 Å². The van der Waals surface area contributed by atoms with Crippen LogP contribution in [0.5, 0.6) is 0 Å². The first kappa shape index (κ1) is 42.6. The molecule has 302 valence electrons. The third-order valence-electron chi connectivity index (χ3n) is 16.9. The Labute approximate surface area is 323 Å². The Balaban J connectivity index is 0.00000103. The first-order valence-electron chi connectivity index (χ1n) is 21.4. The molecule has 6 nitrogen and oxygen atoms in total. The molecule has 0 bridgehead atoms. The molecule has 0 aromatic rings. The standard InChI is InChI=1S/C40H63FN2O4S.C3H6.C2H6/c1-35(2)29(28-10-17-39(27-41,18-11-28)34(44)45)12-15-36(3)32(35)13-16-38(5)33(36)9-8-30-31-7-6-14-40(31,20-19-37(30,38)4)42-21-22-43-23-25-48(46,47)26-24-43;1-3-2;1-2/h10,12,30-33,42H,6-9,11,13-27H2,1-5H3,(H,44,45);3H,1H2,2H3;1-2H3/t30?,31-,32?,33?,36?,37-,38?,39?,40?;;/m1../s1. The van der Waals surface area contributed by atoms with E-state index in [1.165, 1.54) is 68.9 Å². The second-order valence-electron chi connectivity index (χ2n) is 19.3. The molecule has 1 aliphatic heterocycles. The lowest BCUT2D eigenvalue weighted by Crippen LogP contribution is -2.67. The summed E-state index contributed by atoms with van der Waals surface area (Å²) in [5.74, 6) is 2.37. The lowest BCUT2D eigenvalue weighted by molar-refractivity contribution is -0.218. The summed E-state index contributed by atoms with van der Waals surface area (Å²) >= 11 is 0. The topological polar surface area (TPSA) is 86.7 Å². The van der Waals surface area contributed by atoms with Gasteiger partial charge in [0.25, 0.3) is 0 Å². The number of rotatable bonds is 7. The Kier molecular flexibility index (Phi) is 12.7. The minimum absolute atomic E-state index is 0.00644. The van der Waals surface area contributed by atoms with Crippen LogP contribution in [-0.4, -0.2) is 74.3 Å². The number of alkyl halides is 1. The number of hydrogen-bond donors (Lipinski definition) is 2. The van der Waals surface area contributed by atoms with Crippen molar-refractivity contribution in [2.75, 3.05) is 44.4 Å². The normalized spacial score (nSPS) is 42.7. The van der Waals surface area contributed by atoms with Crippen molar-refractivity contribution in [1.29, 1.82) is 0 Å². The van der Waals surface area contributed by atoms with Gasteiger partial charge in [-0.05, 0) is 140 Å². The van der Waals surface area contributed by atoms with Crippen LogP contribution in [0, 0.1) is 50.7 Å². The van der Waals surface area contributed by atoms with Crippen molar-refractivity contribution in [3.63, 3.8) is 0 Å². The van der Waals surface area contributed by atoms with Gasteiger partial charge in [-0.2, -0.15) is 0 Å². The molecule has 0 amide bonds. The number of nitrogens with zero attached hydrogens (tertiary/aromatic N) is 1. The fourth-order valence-corrected chi connectivity index (χ4v) is 15.3. The molecule has 0 radical (unpaired) electrons. The van der Waals surface area contributed by atoms with Gasteiger partial charge < -0.3 is 15.3 Å². The molecule has 7 rings (SSSR count). The first-order valence-corrected chi connectivity index (χ1v) is 23.2. The van der Waals surface area contributed by atoms with Crippen LogP contribution in [0.1, 0.15) is 139 Å². The highest BCUT2D eigenvalue weighted by molar-refractivity contribution is 7.91. The molecule has 53 heavy (non-hydrogen) atoms. The van der Waals surface area contributed by atoms with Crippen molar-refractivity contribution in [2.24, 2.45) is 50.7 Å². The lowest BCUT2D eigenvalue weighted by atomic mass is 9.33. The maximum atomic E-state index is 13.9. The average molecular weight is 759 g/mol. The predicted octanol–water partition coefficient (Wildman–Crippen LogP) is 9.82. The first-order chi connectivity index (χ1) is 25.0. The van der Waals surface area contributed by atoms with Crippen LogP contribution in [0.4, 0.5) is 4.39 Å². The van der Waals surface area contributed by atoms with E-state index in [0.29, 0.717) is 66.5 Å². The number of nitrogens with one attached hydrogen (secondary N) is 1. The summed E-state index contributed by atoms with van der Waals surface area (Å²) in [7, 11) is -2.84. The van der Waals surface area contributed by atoms with Crippen molar-refractivity contribution in [2.45, 2.75) is 144 Å². The second kappa shape index (κ2) is 15.8. The van der Waals surface area contributed by atoms with Crippen LogP contribution in [-0.2, 0) is 14.6 Å². The van der Waals surface area contributed by atoms with E-state index in [1.807, 2.05) is 20.8 Å². The largest absolute Gasteiger partial charge is 0.481 e. The highest BCUT2D eigenvalue weighted by Gasteiger charge is 2.69. The summed E-state index contributed by atoms with van der Waals surface area (Å²) in [5, 5.41) is 13.9. The summed E-state index contributed by atoms with van der Waals surface area (Å²) < 4.78 is 37.8. The van der Waals surface area contributed by atoms with Crippen molar-refractivity contribution >= 4 is 15.8 Å². The van der Waals surface area contributed by atoms with Gasteiger partial charge in [0.2, 0.25) is 0 Å². The highest BCUT2D eigenvalue weighted by Crippen LogP contribution is 2.76. The van der Waals surface area contributed by atoms with Gasteiger partial charge >= 0.3 is 5.97 Å². The van der Waals surface area contributed by atoms with Gasteiger partial charge in [0, 0.05) is 31.7 Å².